The van der Waals surface area contributed by atoms with Crippen LogP contribution >= 0.6 is 0 Å². The van der Waals surface area contributed by atoms with Crippen molar-refractivity contribution in [2.45, 2.75) is 45.5 Å². The Morgan fingerprint density at radius 3 is 2.68 bits per heavy atom. The molecular formula is C22H23F2N5O2. The van der Waals surface area contributed by atoms with Gasteiger partial charge in [-0.15, -0.1) is 0 Å². The molecule has 2 aromatic heterocycles. The van der Waals surface area contributed by atoms with E-state index in [0.29, 0.717) is 29.1 Å². The molecule has 1 amide bonds. The fraction of sp³-hybridized carbons (Fsp3) is 0.409. The SMILES string of the molecule is Cc1nn(C)cc1-c1cc(F)c(CN2Cc3cnn(CC4CCCO4)c3C2=O)c(F)c1. The third kappa shape index (κ3) is 3.52. The smallest absolute Gasteiger partial charge is 0.273 e. The van der Waals surface area contributed by atoms with Gasteiger partial charge in [-0.05, 0) is 37.5 Å². The summed E-state index contributed by atoms with van der Waals surface area (Å²) in [5, 5.41) is 8.54. The van der Waals surface area contributed by atoms with Crippen molar-refractivity contribution in [3.8, 4) is 11.1 Å². The third-order valence-electron chi connectivity index (χ3n) is 5.98. The highest BCUT2D eigenvalue weighted by Gasteiger charge is 2.34. The highest BCUT2D eigenvalue weighted by atomic mass is 19.1. The minimum Gasteiger partial charge on any atom is -0.376 e. The van der Waals surface area contributed by atoms with Crippen molar-refractivity contribution in [3.05, 3.63) is 58.7 Å². The molecule has 0 radical (unpaired) electrons. The fourth-order valence-electron chi connectivity index (χ4n) is 4.45. The van der Waals surface area contributed by atoms with E-state index in [4.69, 9.17) is 4.74 Å². The Morgan fingerprint density at radius 2 is 2.03 bits per heavy atom. The van der Waals surface area contributed by atoms with Gasteiger partial charge < -0.3 is 9.64 Å². The lowest BCUT2D eigenvalue weighted by molar-refractivity contribution is 0.0732. The van der Waals surface area contributed by atoms with Gasteiger partial charge in [0.15, 0.2) is 0 Å². The van der Waals surface area contributed by atoms with Crippen LogP contribution in [0.15, 0.2) is 24.5 Å². The molecule has 2 aliphatic rings. The Hall–Kier alpha value is -3.07. The zero-order chi connectivity index (χ0) is 21.7. The lowest BCUT2D eigenvalue weighted by atomic mass is 10.0. The predicted octanol–water partition coefficient (Wildman–Crippen LogP) is 3.21. The monoisotopic (exact) mass is 427 g/mol. The molecule has 0 bridgehead atoms. The van der Waals surface area contributed by atoms with Crippen molar-refractivity contribution in [2.75, 3.05) is 6.61 Å². The van der Waals surface area contributed by atoms with Gasteiger partial charge in [-0.2, -0.15) is 10.2 Å². The van der Waals surface area contributed by atoms with Gasteiger partial charge in [0.25, 0.3) is 5.91 Å². The first-order chi connectivity index (χ1) is 14.9. The molecule has 4 heterocycles. The number of ether oxygens (including phenoxy) is 1. The number of carbonyl (C=O) groups is 1. The second kappa shape index (κ2) is 7.56. The summed E-state index contributed by atoms with van der Waals surface area (Å²) in [5.41, 5.74) is 2.92. The van der Waals surface area contributed by atoms with Gasteiger partial charge in [-0.3, -0.25) is 14.2 Å². The molecule has 0 saturated carbocycles. The van der Waals surface area contributed by atoms with Crippen molar-refractivity contribution >= 4 is 5.91 Å². The Labute approximate surface area is 178 Å². The summed E-state index contributed by atoms with van der Waals surface area (Å²) < 4.78 is 38.7. The number of hydrogen-bond donors (Lipinski definition) is 0. The number of halogens is 2. The van der Waals surface area contributed by atoms with Crippen LogP contribution in [0.2, 0.25) is 0 Å². The van der Waals surface area contributed by atoms with Crippen molar-refractivity contribution in [1.29, 1.82) is 0 Å². The number of aromatic nitrogens is 4. The van der Waals surface area contributed by atoms with Gasteiger partial charge in [0.05, 0.1) is 37.6 Å². The van der Waals surface area contributed by atoms with E-state index in [1.54, 1.807) is 35.7 Å². The number of fused-ring (bicyclic) bond motifs is 1. The summed E-state index contributed by atoms with van der Waals surface area (Å²) in [6.07, 6.45) is 5.36. The molecule has 0 N–H and O–H groups in total. The molecule has 1 aromatic carbocycles. The number of aryl methyl sites for hydroxylation is 2. The lowest BCUT2D eigenvalue weighted by Gasteiger charge is -2.18. The Kier molecular flexibility index (Phi) is 4.85. The van der Waals surface area contributed by atoms with E-state index < -0.39 is 11.6 Å². The van der Waals surface area contributed by atoms with Crippen LogP contribution in [0, 0.1) is 18.6 Å². The van der Waals surface area contributed by atoms with Gasteiger partial charge in [-0.1, -0.05) is 0 Å². The fourth-order valence-corrected chi connectivity index (χ4v) is 4.45. The molecular weight excluding hydrogens is 404 g/mol. The Balaban J connectivity index is 1.37. The van der Waals surface area contributed by atoms with E-state index >= 15 is 0 Å². The highest BCUT2D eigenvalue weighted by molar-refractivity contribution is 5.96. The molecule has 0 aliphatic carbocycles. The largest absolute Gasteiger partial charge is 0.376 e. The van der Waals surface area contributed by atoms with E-state index in [-0.39, 0.29) is 30.7 Å². The van der Waals surface area contributed by atoms with Crippen molar-refractivity contribution in [2.24, 2.45) is 7.05 Å². The third-order valence-corrected chi connectivity index (χ3v) is 5.98. The maximum atomic E-state index is 14.9. The summed E-state index contributed by atoms with van der Waals surface area (Å²) in [6, 6.07) is 2.60. The quantitative estimate of drug-likeness (QED) is 0.627. The molecule has 31 heavy (non-hydrogen) atoms. The van der Waals surface area contributed by atoms with Gasteiger partial charge in [-0.25, -0.2) is 8.78 Å². The summed E-state index contributed by atoms with van der Waals surface area (Å²) in [5.74, 6) is -1.62. The second-order valence-electron chi connectivity index (χ2n) is 8.22. The van der Waals surface area contributed by atoms with Crippen LogP contribution < -0.4 is 0 Å². The average Bonchev–Trinajstić information content (AvgIpc) is 3.48. The standard InChI is InChI=1S/C22H23F2N5O2/c1-13-17(11-27(2)26-13)14-6-19(23)18(20(24)7-14)12-28-9-15-8-25-29(21(15)22(28)30)10-16-4-3-5-31-16/h6-8,11,16H,3-5,9-10,12H2,1-2H3. The number of amides is 1. The van der Waals surface area contributed by atoms with Crippen LogP contribution in [-0.2, 0) is 31.4 Å². The molecule has 5 rings (SSSR count). The van der Waals surface area contributed by atoms with Gasteiger partial charge in [0.1, 0.15) is 17.3 Å². The molecule has 162 valence electrons. The predicted molar refractivity (Wildman–Crippen MR) is 108 cm³/mol. The normalized spacial score (nSPS) is 18.3. The average molecular weight is 427 g/mol. The first kappa shape index (κ1) is 19.9. The van der Waals surface area contributed by atoms with Gasteiger partial charge in [0.2, 0.25) is 0 Å². The van der Waals surface area contributed by atoms with E-state index in [9.17, 15) is 13.6 Å². The molecule has 1 atom stereocenters. The Bertz CT molecular complexity index is 1140. The van der Waals surface area contributed by atoms with Crippen molar-refractivity contribution < 1.29 is 18.3 Å². The Morgan fingerprint density at radius 1 is 1.26 bits per heavy atom. The number of benzene rings is 1. The maximum Gasteiger partial charge on any atom is 0.273 e. The zero-order valence-corrected chi connectivity index (χ0v) is 17.4. The second-order valence-corrected chi connectivity index (χ2v) is 8.22. The van der Waals surface area contributed by atoms with E-state index in [0.717, 1.165) is 25.0 Å². The molecule has 3 aromatic rings. The molecule has 2 aliphatic heterocycles. The summed E-state index contributed by atoms with van der Waals surface area (Å²) in [6.45, 7) is 3.16. The lowest BCUT2D eigenvalue weighted by Crippen LogP contribution is -2.28. The van der Waals surface area contributed by atoms with Crippen LogP contribution in [0.5, 0.6) is 0 Å². The van der Waals surface area contributed by atoms with Crippen molar-refractivity contribution in [1.82, 2.24) is 24.5 Å². The summed E-state index contributed by atoms with van der Waals surface area (Å²) >= 11 is 0. The number of rotatable bonds is 5. The maximum absolute atomic E-state index is 14.9. The molecule has 9 heteroatoms. The minimum absolute atomic E-state index is 0.0456. The van der Waals surface area contributed by atoms with E-state index in [1.807, 2.05) is 0 Å². The van der Waals surface area contributed by atoms with Crippen LogP contribution in [0.1, 0.15) is 40.2 Å². The van der Waals surface area contributed by atoms with Gasteiger partial charge >= 0.3 is 0 Å². The number of carbonyl (C=O) groups excluding carboxylic acids is 1. The van der Waals surface area contributed by atoms with Gasteiger partial charge in [0, 0.05) is 36.5 Å². The molecule has 0 spiro atoms. The minimum atomic E-state index is -0.678. The topological polar surface area (TPSA) is 65.2 Å². The van der Waals surface area contributed by atoms with Crippen LogP contribution in [0.4, 0.5) is 8.78 Å². The first-order valence-corrected chi connectivity index (χ1v) is 10.3. The van der Waals surface area contributed by atoms with E-state index in [1.165, 1.54) is 17.0 Å². The summed E-state index contributed by atoms with van der Waals surface area (Å²) in [7, 11) is 1.76. The zero-order valence-electron chi connectivity index (χ0n) is 17.4. The van der Waals surface area contributed by atoms with Crippen molar-refractivity contribution in [3.63, 3.8) is 0 Å². The molecule has 1 fully saturated rings. The molecule has 1 saturated heterocycles. The highest BCUT2D eigenvalue weighted by Crippen LogP contribution is 2.30. The van der Waals surface area contributed by atoms with Crippen LogP contribution in [0.3, 0.4) is 0 Å². The van der Waals surface area contributed by atoms with E-state index in [2.05, 4.69) is 10.2 Å². The number of nitrogens with zero attached hydrogens (tertiary/aromatic N) is 5. The summed E-state index contributed by atoms with van der Waals surface area (Å²) in [4.78, 5) is 14.4. The molecule has 7 nitrogen and oxygen atoms in total. The van der Waals surface area contributed by atoms with Crippen LogP contribution in [-0.4, -0.2) is 43.1 Å². The first-order valence-electron chi connectivity index (χ1n) is 10.3. The molecule has 1 unspecified atom stereocenters. The van der Waals surface area contributed by atoms with Crippen LogP contribution in [0.25, 0.3) is 11.1 Å². The number of hydrogen-bond acceptors (Lipinski definition) is 4.